The van der Waals surface area contributed by atoms with Crippen molar-refractivity contribution >= 4 is 53.1 Å². The number of nitrogens with one attached hydrogen (secondary N) is 3. The van der Waals surface area contributed by atoms with Crippen molar-refractivity contribution in [1.29, 1.82) is 0 Å². The molecule has 1 aliphatic rings. The molecular formula is C11H18Cl2N4O2S. The van der Waals surface area contributed by atoms with Crippen LogP contribution in [0, 0.1) is 0 Å². The minimum absolute atomic E-state index is 0. The number of nitrogens with zero attached hydrogens (tertiary/aromatic N) is 1. The molecule has 0 bridgehead atoms. The van der Waals surface area contributed by atoms with E-state index in [0.29, 0.717) is 23.4 Å². The first-order valence-electron chi connectivity index (χ1n) is 5.90. The molecule has 1 aromatic heterocycles. The average Bonchev–Trinajstić information content (AvgIpc) is 2.95. The van der Waals surface area contributed by atoms with Crippen LogP contribution in [0.15, 0.2) is 5.38 Å². The van der Waals surface area contributed by atoms with Gasteiger partial charge in [0.25, 0.3) is 5.91 Å². The number of carbonyl (C=O) groups excluding carboxylic acids is 2. The monoisotopic (exact) mass is 340 g/mol. The molecule has 0 saturated carbocycles. The minimum atomic E-state index is -0.198. The van der Waals surface area contributed by atoms with Crippen LogP contribution in [-0.4, -0.2) is 35.9 Å². The van der Waals surface area contributed by atoms with E-state index in [4.69, 9.17) is 0 Å². The molecule has 0 radical (unpaired) electrons. The Hall–Kier alpha value is -0.890. The predicted octanol–water partition coefficient (Wildman–Crippen LogP) is 1.43. The Morgan fingerprint density at radius 2 is 2.25 bits per heavy atom. The summed E-state index contributed by atoms with van der Waals surface area (Å²) in [4.78, 5) is 26.7. The maximum Gasteiger partial charge on any atom is 0.270 e. The minimum Gasteiger partial charge on any atom is -0.349 e. The van der Waals surface area contributed by atoms with Crippen molar-refractivity contribution < 1.29 is 9.59 Å². The van der Waals surface area contributed by atoms with E-state index < -0.39 is 0 Å². The summed E-state index contributed by atoms with van der Waals surface area (Å²) < 4.78 is 0. The first-order valence-corrected chi connectivity index (χ1v) is 6.78. The van der Waals surface area contributed by atoms with E-state index in [-0.39, 0.29) is 36.6 Å². The van der Waals surface area contributed by atoms with Gasteiger partial charge in [0.2, 0.25) is 5.91 Å². The Labute approximate surface area is 133 Å². The second kappa shape index (κ2) is 9.12. The predicted molar refractivity (Wildman–Crippen MR) is 84.3 cm³/mol. The summed E-state index contributed by atoms with van der Waals surface area (Å²) in [7, 11) is 0. The van der Waals surface area contributed by atoms with Gasteiger partial charge in [-0.25, -0.2) is 4.98 Å². The Morgan fingerprint density at radius 1 is 1.50 bits per heavy atom. The third kappa shape index (κ3) is 5.62. The van der Waals surface area contributed by atoms with Gasteiger partial charge in [0.05, 0.1) is 0 Å². The van der Waals surface area contributed by atoms with Gasteiger partial charge in [-0.15, -0.1) is 36.2 Å². The third-order valence-corrected chi connectivity index (χ3v) is 3.45. The molecule has 0 spiro atoms. The summed E-state index contributed by atoms with van der Waals surface area (Å²) in [6.07, 6.45) is 2.25. The van der Waals surface area contributed by atoms with Gasteiger partial charge in [-0.05, 0) is 19.4 Å². The summed E-state index contributed by atoms with van der Waals surface area (Å²) in [5, 5.41) is 10.8. The van der Waals surface area contributed by atoms with Gasteiger partial charge < -0.3 is 16.0 Å². The van der Waals surface area contributed by atoms with Crippen molar-refractivity contribution in [3.05, 3.63) is 11.1 Å². The Balaban J connectivity index is 0.00000180. The van der Waals surface area contributed by atoms with Crippen molar-refractivity contribution in [2.45, 2.75) is 25.8 Å². The number of amides is 2. The van der Waals surface area contributed by atoms with Crippen molar-refractivity contribution in [2.24, 2.45) is 0 Å². The van der Waals surface area contributed by atoms with E-state index >= 15 is 0 Å². The zero-order chi connectivity index (χ0) is 13.0. The van der Waals surface area contributed by atoms with Crippen LogP contribution in [0.3, 0.4) is 0 Å². The number of halogens is 2. The van der Waals surface area contributed by atoms with E-state index in [1.54, 1.807) is 5.38 Å². The summed E-state index contributed by atoms with van der Waals surface area (Å²) in [6.45, 7) is 3.04. The van der Waals surface area contributed by atoms with Gasteiger partial charge in [0, 0.05) is 24.9 Å². The van der Waals surface area contributed by atoms with E-state index in [1.165, 1.54) is 18.3 Å². The van der Waals surface area contributed by atoms with Gasteiger partial charge in [0.15, 0.2) is 5.13 Å². The number of hydrogen-bond donors (Lipinski definition) is 3. The molecule has 2 amide bonds. The van der Waals surface area contributed by atoms with Gasteiger partial charge >= 0.3 is 0 Å². The zero-order valence-electron chi connectivity index (χ0n) is 11.0. The highest BCUT2D eigenvalue weighted by atomic mass is 35.5. The van der Waals surface area contributed by atoms with Crippen LogP contribution in [0.5, 0.6) is 0 Å². The molecule has 0 aliphatic carbocycles. The quantitative estimate of drug-likeness (QED) is 0.774. The average molecular weight is 341 g/mol. The van der Waals surface area contributed by atoms with E-state index in [0.717, 1.165) is 19.4 Å². The second-order valence-corrected chi connectivity index (χ2v) is 5.08. The summed E-state index contributed by atoms with van der Waals surface area (Å²) in [5.74, 6) is -0.386. The largest absolute Gasteiger partial charge is 0.349 e. The van der Waals surface area contributed by atoms with Crippen molar-refractivity contribution in [3.63, 3.8) is 0 Å². The molecule has 1 unspecified atom stereocenters. The van der Waals surface area contributed by atoms with Crippen LogP contribution >= 0.6 is 36.2 Å². The lowest BCUT2D eigenvalue weighted by molar-refractivity contribution is -0.114. The van der Waals surface area contributed by atoms with Gasteiger partial charge in [-0.3, -0.25) is 9.59 Å². The number of rotatable bonds is 4. The first-order chi connectivity index (χ1) is 8.65. The van der Waals surface area contributed by atoms with Crippen molar-refractivity contribution in [1.82, 2.24) is 15.6 Å². The highest BCUT2D eigenvalue weighted by molar-refractivity contribution is 7.14. The molecule has 1 aliphatic heterocycles. The molecule has 114 valence electrons. The van der Waals surface area contributed by atoms with E-state index in [2.05, 4.69) is 20.9 Å². The molecule has 2 heterocycles. The number of carbonyl (C=O) groups is 2. The van der Waals surface area contributed by atoms with Gasteiger partial charge in [-0.1, -0.05) is 0 Å². The SMILES string of the molecule is CC(=O)Nc1nc(C(=O)NCC2CCCN2)cs1.Cl.Cl. The van der Waals surface area contributed by atoms with Crippen LogP contribution in [0.4, 0.5) is 5.13 Å². The highest BCUT2D eigenvalue weighted by Gasteiger charge is 2.16. The van der Waals surface area contributed by atoms with Crippen LogP contribution < -0.4 is 16.0 Å². The molecule has 2 rings (SSSR count). The first kappa shape index (κ1) is 19.1. The fourth-order valence-corrected chi connectivity index (χ4v) is 2.56. The molecule has 9 heteroatoms. The molecule has 1 saturated heterocycles. The molecule has 3 N–H and O–H groups in total. The number of hydrogen-bond acceptors (Lipinski definition) is 5. The van der Waals surface area contributed by atoms with Gasteiger partial charge in [-0.2, -0.15) is 0 Å². The zero-order valence-corrected chi connectivity index (χ0v) is 13.4. The van der Waals surface area contributed by atoms with E-state index in [9.17, 15) is 9.59 Å². The fourth-order valence-electron chi connectivity index (χ4n) is 1.82. The fraction of sp³-hybridized carbons (Fsp3) is 0.545. The maximum absolute atomic E-state index is 11.8. The Morgan fingerprint density at radius 3 is 2.85 bits per heavy atom. The number of thiazole rings is 1. The van der Waals surface area contributed by atoms with Crippen molar-refractivity contribution in [2.75, 3.05) is 18.4 Å². The third-order valence-electron chi connectivity index (χ3n) is 2.69. The number of aromatic nitrogens is 1. The smallest absolute Gasteiger partial charge is 0.270 e. The Kier molecular flexibility index (Phi) is 8.71. The highest BCUT2D eigenvalue weighted by Crippen LogP contribution is 2.15. The van der Waals surface area contributed by atoms with Crippen molar-refractivity contribution in [3.8, 4) is 0 Å². The Bertz CT molecular complexity index is 449. The van der Waals surface area contributed by atoms with Crippen LogP contribution in [0.1, 0.15) is 30.3 Å². The lowest BCUT2D eigenvalue weighted by Gasteiger charge is -2.10. The number of anilines is 1. The molecular weight excluding hydrogens is 323 g/mol. The van der Waals surface area contributed by atoms with E-state index in [1.807, 2.05) is 0 Å². The topological polar surface area (TPSA) is 83.1 Å². The van der Waals surface area contributed by atoms with Crippen LogP contribution in [-0.2, 0) is 4.79 Å². The molecule has 6 nitrogen and oxygen atoms in total. The molecule has 1 fully saturated rings. The van der Waals surface area contributed by atoms with Crippen LogP contribution in [0.2, 0.25) is 0 Å². The lowest BCUT2D eigenvalue weighted by atomic mass is 10.2. The normalized spacial score (nSPS) is 16.8. The summed E-state index contributed by atoms with van der Waals surface area (Å²) in [6, 6.07) is 0.363. The standard InChI is InChI=1S/C11H16N4O2S.2ClH/c1-7(16)14-11-15-9(6-18-11)10(17)13-5-8-3-2-4-12-8;;/h6,8,12H,2-5H2,1H3,(H,13,17)(H,14,15,16);2*1H. The lowest BCUT2D eigenvalue weighted by Crippen LogP contribution is -2.37. The molecule has 1 aromatic rings. The summed E-state index contributed by atoms with van der Waals surface area (Å²) in [5.41, 5.74) is 0.349. The summed E-state index contributed by atoms with van der Waals surface area (Å²) >= 11 is 1.24. The van der Waals surface area contributed by atoms with Gasteiger partial charge in [0.1, 0.15) is 5.69 Å². The molecule has 20 heavy (non-hydrogen) atoms. The van der Waals surface area contributed by atoms with Crippen LogP contribution in [0.25, 0.3) is 0 Å². The molecule has 1 atom stereocenters. The molecule has 0 aromatic carbocycles. The second-order valence-electron chi connectivity index (χ2n) is 4.22. The maximum atomic E-state index is 11.8.